The van der Waals surface area contributed by atoms with Gasteiger partial charge in [-0.15, -0.1) is 11.3 Å². The number of rotatable bonds is 3. The van der Waals surface area contributed by atoms with E-state index in [-0.39, 0.29) is 6.10 Å². The lowest BCUT2D eigenvalue weighted by molar-refractivity contribution is -0.0133. The molecule has 1 aromatic heterocycles. The zero-order valence-electron chi connectivity index (χ0n) is 8.53. The normalized spacial score (nSPS) is 24.8. The summed E-state index contributed by atoms with van der Waals surface area (Å²) in [6, 6.07) is 4.23. The molecule has 1 N–H and O–H groups in total. The first-order valence-electron chi connectivity index (χ1n) is 5.26. The molecule has 2 nitrogen and oxygen atoms in total. The van der Waals surface area contributed by atoms with E-state index in [9.17, 15) is 0 Å². The van der Waals surface area contributed by atoms with Gasteiger partial charge in [0.2, 0.25) is 0 Å². The van der Waals surface area contributed by atoms with Crippen molar-refractivity contribution in [3.05, 3.63) is 22.4 Å². The van der Waals surface area contributed by atoms with E-state index in [1.54, 1.807) is 11.3 Å². The van der Waals surface area contributed by atoms with Crippen LogP contribution in [0.3, 0.4) is 0 Å². The van der Waals surface area contributed by atoms with E-state index in [4.69, 9.17) is 4.74 Å². The van der Waals surface area contributed by atoms with Crippen LogP contribution in [-0.4, -0.2) is 19.2 Å². The number of nitrogens with one attached hydrogen (secondary N) is 1. The van der Waals surface area contributed by atoms with Gasteiger partial charge in [0.1, 0.15) is 0 Å². The molecule has 0 unspecified atom stereocenters. The van der Waals surface area contributed by atoms with Gasteiger partial charge in [-0.05, 0) is 37.8 Å². The summed E-state index contributed by atoms with van der Waals surface area (Å²) in [5.74, 6) is 0. The first kappa shape index (κ1) is 10.1. The summed E-state index contributed by atoms with van der Waals surface area (Å²) in [6.45, 7) is 4.30. The van der Waals surface area contributed by atoms with Crippen LogP contribution in [0.15, 0.2) is 17.5 Å². The molecule has 0 aliphatic carbocycles. The Kier molecular flexibility index (Phi) is 3.56. The van der Waals surface area contributed by atoms with Crippen molar-refractivity contribution in [3.63, 3.8) is 0 Å². The van der Waals surface area contributed by atoms with E-state index in [0.29, 0.717) is 6.10 Å². The van der Waals surface area contributed by atoms with Crippen LogP contribution in [0.4, 0.5) is 0 Å². The first-order chi connectivity index (χ1) is 6.86. The molecule has 0 saturated carbocycles. The predicted molar refractivity (Wildman–Crippen MR) is 59.7 cm³/mol. The number of hydrogen-bond acceptors (Lipinski definition) is 3. The van der Waals surface area contributed by atoms with Crippen LogP contribution in [0.25, 0.3) is 0 Å². The average Bonchev–Trinajstić information content (AvgIpc) is 2.72. The van der Waals surface area contributed by atoms with Gasteiger partial charge in [0.25, 0.3) is 0 Å². The maximum atomic E-state index is 5.98. The van der Waals surface area contributed by atoms with Gasteiger partial charge >= 0.3 is 0 Å². The summed E-state index contributed by atoms with van der Waals surface area (Å²) in [6.07, 6.45) is 3.09. The van der Waals surface area contributed by atoms with Crippen molar-refractivity contribution < 1.29 is 4.74 Å². The third kappa shape index (κ3) is 2.56. The van der Waals surface area contributed by atoms with Crippen molar-refractivity contribution in [2.24, 2.45) is 0 Å². The van der Waals surface area contributed by atoms with Crippen molar-refractivity contribution >= 4 is 11.3 Å². The van der Waals surface area contributed by atoms with Crippen molar-refractivity contribution in [3.8, 4) is 0 Å². The summed E-state index contributed by atoms with van der Waals surface area (Å²) in [4.78, 5) is 1.33. The lowest BCUT2D eigenvalue weighted by Gasteiger charge is -2.26. The van der Waals surface area contributed by atoms with Crippen molar-refractivity contribution in [1.82, 2.24) is 5.32 Å². The summed E-state index contributed by atoms with van der Waals surface area (Å²) < 4.78 is 5.98. The highest BCUT2D eigenvalue weighted by molar-refractivity contribution is 7.10. The zero-order chi connectivity index (χ0) is 9.80. The standard InChI is InChI=1S/C11H17NOS/c1-9(11-5-3-7-14-11)13-10-4-2-6-12-8-10/h3,5,7,9-10,12H,2,4,6,8H2,1H3/t9-,10+/m1/s1. The van der Waals surface area contributed by atoms with E-state index in [0.717, 1.165) is 13.1 Å². The van der Waals surface area contributed by atoms with Crippen LogP contribution in [0.5, 0.6) is 0 Å². The summed E-state index contributed by atoms with van der Waals surface area (Å²) in [7, 11) is 0. The molecular weight excluding hydrogens is 194 g/mol. The van der Waals surface area contributed by atoms with Gasteiger partial charge in [0.15, 0.2) is 0 Å². The lowest BCUT2D eigenvalue weighted by Crippen LogP contribution is -2.35. The Morgan fingerprint density at radius 3 is 3.21 bits per heavy atom. The number of hydrogen-bond donors (Lipinski definition) is 1. The van der Waals surface area contributed by atoms with Crippen LogP contribution in [0, 0.1) is 0 Å². The Hall–Kier alpha value is -0.380. The SMILES string of the molecule is C[C@@H](O[C@H]1CCCNC1)c1cccs1. The maximum absolute atomic E-state index is 5.98. The zero-order valence-corrected chi connectivity index (χ0v) is 9.35. The molecule has 0 radical (unpaired) electrons. The molecule has 0 bridgehead atoms. The van der Waals surface area contributed by atoms with Gasteiger partial charge in [-0.25, -0.2) is 0 Å². The third-order valence-electron chi connectivity index (χ3n) is 2.59. The maximum Gasteiger partial charge on any atom is 0.0893 e. The molecule has 3 heteroatoms. The smallest absolute Gasteiger partial charge is 0.0893 e. The largest absolute Gasteiger partial charge is 0.368 e. The van der Waals surface area contributed by atoms with Crippen LogP contribution in [-0.2, 0) is 4.74 Å². The minimum absolute atomic E-state index is 0.250. The van der Waals surface area contributed by atoms with Crippen molar-refractivity contribution in [2.45, 2.75) is 32.0 Å². The van der Waals surface area contributed by atoms with Crippen LogP contribution in [0.1, 0.15) is 30.7 Å². The number of piperidine rings is 1. The predicted octanol–water partition coefficient (Wildman–Crippen LogP) is 2.58. The van der Waals surface area contributed by atoms with Crippen LogP contribution in [0.2, 0.25) is 0 Å². The lowest BCUT2D eigenvalue weighted by atomic mass is 10.1. The molecule has 1 aliphatic heterocycles. The highest BCUT2D eigenvalue weighted by Gasteiger charge is 2.17. The second kappa shape index (κ2) is 4.91. The number of ether oxygens (including phenoxy) is 1. The van der Waals surface area contributed by atoms with Gasteiger partial charge in [-0.1, -0.05) is 6.07 Å². The fraction of sp³-hybridized carbons (Fsp3) is 0.636. The molecular formula is C11H17NOS. The monoisotopic (exact) mass is 211 g/mol. The highest BCUT2D eigenvalue weighted by Crippen LogP contribution is 2.24. The quantitative estimate of drug-likeness (QED) is 0.829. The third-order valence-corrected chi connectivity index (χ3v) is 3.63. The molecule has 2 heterocycles. The Balaban J connectivity index is 1.84. The van der Waals surface area contributed by atoms with E-state index >= 15 is 0 Å². The van der Waals surface area contributed by atoms with E-state index < -0.39 is 0 Å². The Bertz CT molecular complexity index is 254. The second-order valence-electron chi connectivity index (χ2n) is 3.76. The highest BCUT2D eigenvalue weighted by atomic mass is 32.1. The Morgan fingerprint density at radius 1 is 1.64 bits per heavy atom. The molecule has 0 aromatic carbocycles. The fourth-order valence-corrected chi connectivity index (χ4v) is 2.53. The second-order valence-corrected chi connectivity index (χ2v) is 4.74. The summed E-state index contributed by atoms with van der Waals surface area (Å²) in [5, 5.41) is 5.47. The molecule has 1 fully saturated rings. The van der Waals surface area contributed by atoms with Crippen LogP contribution < -0.4 is 5.32 Å². The topological polar surface area (TPSA) is 21.3 Å². The van der Waals surface area contributed by atoms with E-state index in [1.807, 2.05) is 0 Å². The molecule has 2 atom stereocenters. The molecule has 0 amide bonds. The number of thiophene rings is 1. The summed E-state index contributed by atoms with van der Waals surface area (Å²) >= 11 is 1.77. The first-order valence-corrected chi connectivity index (χ1v) is 6.14. The van der Waals surface area contributed by atoms with Gasteiger partial charge in [-0.3, -0.25) is 0 Å². The average molecular weight is 211 g/mol. The van der Waals surface area contributed by atoms with E-state index in [2.05, 4.69) is 29.8 Å². The molecule has 2 rings (SSSR count). The summed E-state index contributed by atoms with van der Waals surface area (Å²) in [5.41, 5.74) is 0. The van der Waals surface area contributed by atoms with Crippen molar-refractivity contribution in [2.75, 3.05) is 13.1 Å². The molecule has 78 valence electrons. The minimum Gasteiger partial charge on any atom is -0.368 e. The van der Waals surface area contributed by atoms with Crippen LogP contribution >= 0.6 is 11.3 Å². The Morgan fingerprint density at radius 2 is 2.57 bits per heavy atom. The van der Waals surface area contributed by atoms with Gasteiger partial charge in [-0.2, -0.15) is 0 Å². The molecule has 1 aromatic rings. The van der Waals surface area contributed by atoms with Gasteiger partial charge < -0.3 is 10.1 Å². The molecule has 1 saturated heterocycles. The van der Waals surface area contributed by atoms with Gasteiger partial charge in [0.05, 0.1) is 12.2 Å². The molecule has 1 aliphatic rings. The molecule has 14 heavy (non-hydrogen) atoms. The Labute approximate surface area is 89.3 Å². The fourth-order valence-electron chi connectivity index (χ4n) is 1.81. The minimum atomic E-state index is 0.250. The van der Waals surface area contributed by atoms with Gasteiger partial charge in [0, 0.05) is 11.4 Å². The van der Waals surface area contributed by atoms with E-state index in [1.165, 1.54) is 17.7 Å². The van der Waals surface area contributed by atoms with Crippen molar-refractivity contribution in [1.29, 1.82) is 0 Å². The molecule has 0 spiro atoms.